The molecule has 1 aliphatic heterocycles. The number of hydrogen-bond donors (Lipinski definition) is 1. The summed E-state index contributed by atoms with van der Waals surface area (Å²) in [5, 5.41) is 9.02. The Kier molecular flexibility index (Phi) is 3.07. The van der Waals surface area contributed by atoms with Gasteiger partial charge in [-0.1, -0.05) is 0 Å². The van der Waals surface area contributed by atoms with Gasteiger partial charge in [0.15, 0.2) is 5.79 Å². The third kappa shape index (κ3) is 2.26. The summed E-state index contributed by atoms with van der Waals surface area (Å²) in [6, 6.07) is 0. The third-order valence-corrected chi connectivity index (χ3v) is 3.43. The summed E-state index contributed by atoms with van der Waals surface area (Å²) in [7, 11) is 0. The highest BCUT2D eigenvalue weighted by Crippen LogP contribution is 2.47. The van der Waals surface area contributed by atoms with Gasteiger partial charge in [0.25, 0.3) is 0 Å². The van der Waals surface area contributed by atoms with Crippen molar-refractivity contribution in [3.63, 3.8) is 0 Å². The van der Waals surface area contributed by atoms with E-state index in [4.69, 9.17) is 14.6 Å². The summed E-state index contributed by atoms with van der Waals surface area (Å²) in [6.45, 7) is 0.473. The maximum atomic E-state index is 12.6. The van der Waals surface area contributed by atoms with Crippen LogP contribution >= 0.6 is 0 Å². The van der Waals surface area contributed by atoms with Crippen molar-refractivity contribution in [2.45, 2.75) is 31.2 Å². The number of aliphatic carboxylic acids is 1. The number of alkyl halides is 3. The Hall–Kier alpha value is -0.820. The fourth-order valence-electron chi connectivity index (χ4n) is 2.53. The van der Waals surface area contributed by atoms with Crippen LogP contribution < -0.4 is 0 Å². The minimum atomic E-state index is -4.35. The second-order valence-electron chi connectivity index (χ2n) is 4.41. The van der Waals surface area contributed by atoms with E-state index in [0.29, 0.717) is 0 Å². The Morgan fingerprint density at radius 3 is 2.35 bits per heavy atom. The summed E-state index contributed by atoms with van der Waals surface area (Å²) in [6.07, 6.45) is -4.99. The Balaban J connectivity index is 2.17. The molecule has 1 spiro atoms. The molecule has 0 bridgehead atoms. The van der Waals surface area contributed by atoms with E-state index in [1.165, 1.54) is 0 Å². The molecule has 98 valence electrons. The molecule has 7 heteroatoms. The Morgan fingerprint density at radius 1 is 1.29 bits per heavy atom. The third-order valence-electron chi connectivity index (χ3n) is 3.43. The molecule has 1 saturated heterocycles. The first-order valence-electron chi connectivity index (χ1n) is 5.42. The molecule has 2 unspecified atom stereocenters. The van der Waals surface area contributed by atoms with Crippen LogP contribution in [0.2, 0.25) is 0 Å². The Morgan fingerprint density at radius 2 is 1.88 bits per heavy atom. The fraction of sp³-hybridized carbons (Fsp3) is 0.900. The fourth-order valence-corrected chi connectivity index (χ4v) is 2.53. The van der Waals surface area contributed by atoms with Crippen LogP contribution in [-0.2, 0) is 14.3 Å². The van der Waals surface area contributed by atoms with Gasteiger partial charge in [-0.05, 0) is 12.8 Å². The van der Waals surface area contributed by atoms with Gasteiger partial charge in [0.2, 0.25) is 0 Å². The molecule has 0 aromatic carbocycles. The molecule has 0 amide bonds. The van der Waals surface area contributed by atoms with Crippen LogP contribution in [0.25, 0.3) is 0 Å². The van der Waals surface area contributed by atoms with Gasteiger partial charge in [-0.2, -0.15) is 13.2 Å². The van der Waals surface area contributed by atoms with E-state index >= 15 is 0 Å². The summed E-state index contributed by atoms with van der Waals surface area (Å²) in [5.74, 6) is -5.46. The van der Waals surface area contributed by atoms with Crippen molar-refractivity contribution in [1.82, 2.24) is 0 Å². The van der Waals surface area contributed by atoms with Gasteiger partial charge in [0.1, 0.15) is 5.92 Å². The van der Waals surface area contributed by atoms with Crippen LogP contribution in [0.3, 0.4) is 0 Å². The van der Waals surface area contributed by atoms with Gasteiger partial charge in [-0.15, -0.1) is 0 Å². The first-order chi connectivity index (χ1) is 7.85. The van der Waals surface area contributed by atoms with E-state index in [-0.39, 0.29) is 26.1 Å². The molecular weight excluding hydrogens is 241 g/mol. The highest BCUT2D eigenvalue weighted by Gasteiger charge is 2.56. The van der Waals surface area contributed by atoms with E-state index in [1.807, 2.05) is 0 Å². The van der Waals surface area contributed by atoms with Gasteiger partial charge in [-0.25, -0.2) is 0 Å². The molecule has 17 heavy (non-hydrogen) atoms. The number of carbonyl (C=O) groups is 1. The quantitative estimate of drug-likeness (QED) is 0.775. The molecule has 0 radical (unpaired) electrons. The standard InChI is InChI=1S/C10H13F3O4/c11-10(12,13)6-1-2-9(16-3-4-17-9)7(5-6)8(14)15/h6-7H,1-5H2,(H,14,15). The van der Waals surface area contributed by atoms with E-state index in [1.54, 1.807) is 0 Å². The van der Waals surface area contributed by atoms with Crippen LogP contribution in [0.15, 0.2) is 0 Å². The lowest BCUT2D eigenvalue weighted by Gasteiger charge is -2.40. The lowest BCUT2D eigenvalue weighted by atomic mass is 9.76. The van der Waals surface area contributed by atoms with Crippen molar-refractivity contribution in [2.75, 3.05) is 13.2 Å². The summed E-state index contributed by atoms with van der Waals surface area (Å²) >= 11 is 0. The van der Waals surface area contributed by atoms with Crippen molar-refractivity contribution in [1.29, 1.82) is 0 Å². The average Bonchev–Trinajstić information content (AvgIpc) is 2.65. The predicted molar refractivity (Wildman–Crippen MR) is 49.2 cm³/mol. The second-order valence-corrected chi connectivity index (χ2v) is 4.41. The normalized spacial score (nSPS) is 32.9. The van der Waals surface area contributed by atoms with E-state index < -0.39 is 36.2 Å². The van der Waals surface area contributed by atoms with Gasteiger partial charge in [-0.3, -0.25) is 4.79 Å². The van der Waals surface area contributed by atoms with Crippen molar-refractivity contribution in [3.8, 4) is 0 Å². The van der Waals surface area contributed by atoms with Crippen LogP contribution in [0, 0.1) is 11.8 Å². The monoisotopic (exact) mass is 254 g/mol. The molecule has 1 aliphatic carbocycles. The molecule has 1 N–H and O–H groups in total. The van der Waals surface area contributed by atoms with Gasteiger partial charge in [0.05, 0.1) is 19.1 Å². The molecule has 2 fully saturated rings. The van der Waals surface area contributed by atoms with Crippen molar-refractivity contribution in [3.05, 3.63) is 0 Å². The van der Waals surface area contributed by atoms with E-state index in [0.717, 1.165) is 0 Å². The topological polar surface area (TPSA) is 55.8 Å². The minimum Gasteiger partial charge on any atom is -0.481 e. The SMILES string of the molecule is O=C(O)C1CC(C(F)(F)F)CCC12OCCO2. The number of hydrogen-bond acceptors (Lipinski definition) is 3. The Bertz CT molecular complexity index is 309. The highest BCUT2D eigenvalue weighted by molar-refractivity contribution is 5.71. The second kappa shape index (κ2) is 4.13. The summed E-state index contributed by atoms with van der Waals surface area (Å²) < 4.78 is 48.2. The molecule has 4 nitrogen and oxygen atoms in total. The lowest BCUT2D eigenvalue weighted by Crippen LogP contribution is -2.49. The molecule has 2 atom stereocenters. The smallest absolute Gasteiger partial charge is 0.391 e. The van der Waals surface area contributed by atoms with Crippen molar-refractivity contribution < 1.29 is 32.5 Å². The number of rotatable bonds is 1. The number of ether oxygens (including phenoxy) is 2. The van der Waals surface area contributed by atoms with Crippen LogP contribution in [-0.4, -0.2) is 36.3 Å². The largest absolute Gasteiger partial charge is 0.481 e. The van der Waals surface area contributed by atoms with Gasteiger partial charge < -0.3 is 14.6 Å². The number of halogens is 3. The maximum Gasteiger partial charge on any atom is 0.391 e. The number of carboxylic acid groups (broad SMARTS) is 1. The van der Waals surface area contributed by atoms with E-state index in [2.05, 4.69) is 0 Å². The zero-order chi connectivity index (χ0) is 12.7. The van der Waals surface area contributed by atoms with Crippen molar-refractivity contribution >= 4 is 5.97 Å². The van der Waals surface area contributed by atoms with Crippen molar-refractivity contribution in [2.24, 2.45) is 11.8 Å². The van der Waals surface area contributed by atoms with Crippen LogP contribution in [0.5, 0.6) is 0 Å². The summed E-state index contributed by atoms with van der Waals surface area (Å²) in [5.41, 5.74) is 0. The predicted octanol–water partition coefficient (Wildman–Crippen LogP) is 1.79. The maximum absolute atomic E-state index is 12.6. The van der Waals surface area contributed by atoms with E-state index in [9.17, 15) is 18.0 Å². The molecule has 1 heterocycles. The first kappa shape index (κ1) is 12.6. The van der Waals surface area contributed by atoms with Crippen LogP contribution in [0.4, 0.5) is 13.2 Å². The highest BCUT2D eigenvalue weighted by atomic mass is 19.4. The lowest BCUT2D eigenvalue weighted by molar-refractivity contribution is -0.252. The van der Waals surface area contributed by atoms with Gasteiger partial charge in [0, 0.05) is 6.42 Å². The number of carboxylic acids is 1. The molecule has 0 aromatic heterocycles. The molecule has 2 rings (SSSR count). The molecular formula is C10H13F3O4. The van der Waals surface area contributed by atoms with Crippen LogP contribution in [0.1, 0.15) is 19.3 Å². The molecule has 0 aromatic rings. The minimum absolute atomic E-state index is 0.0197. The van der Waals surface area contributed by atoms with Gasteiger partial charge >= 0.3 is 12.1 Å². The molecule has 1 saturated carbocycles. The zero-order valence-corrected chi connectivity index (χ0v) is 9.00. The average molecular weight is 254 g/mol. The zero-order valence-electron chi connectivity index (χ0n) is 9.00. The first-order valence-corrected chi connectivity index (χ1v) is 5.42. The summed E-state index contributed by atoms with van der Waals surface area (Å²) in [4.78, 5) is 11.1. The Labute approximate surface area is 95.7 Å². The molecule has 2 aliphatic rings.